The Morgan fingerprint density at radius 3 is 2.29 bits per heavy atom. The zero-order valence-corrected chi connectivity index (χ0v) is 15.2. The zero-order valence-electron chi connectivity index (χ0n) is 13.0. The van der Waals surface area contributed by atoms with Crippen LogP contribution in [0.1, 0.15) is 11.1 Å². The Balaban J connectivity index is 2.04. The largest absolute Gasteiger partial charge is 0.502 e. The van der Waals surface area contributed by atoms with Crippen molar-refractivity contribution in [2.45, 2.75) is 6.92 Å². The highest BCUT2D eigenvalue weighted by Crippen LogP contribution is 2.34. The average Bonchev–Trinajstić information content (AvgIpc) is 2.78. The molecule has 0 bridgehead atoms. The lowest BCUT2D eigenvalue weighted by molar-refractivity contribution is -0.121. The number of aliphatic hydroxyl groups excluding tert-OH is 1. The van der Waals surface area contributed by atoms with Crippen molar-refractivity contribution in [3.63, 3.8) is 0 Å². The number of benzene rings is 2. The summed E-state index contributed by atoms with van der Waals surface area (Å²) in [6.45, 7) is 1.82. The fourth-order valence-electron chi connectivity index (χ4n) is 2.62. The highest BCUT2D eigenvalue weighted by Gasteiger charge is 2.40. The second-order valence-corrected chi connectivity index (χ2v) is 6.57. The fourth-order valence-corrected chi connectivity index (χ4v) is 3.27. The predicted molar refractivity (Wildman–Crippen MR) is 98.9 cm³/mol. The maximum absolute atomic E-state index is 12.8. The van der Waals surface area contributed by atoms with E-state index in [0.29, 0.717) is 17.0 Å². The molecule has 1 aliphatic heterocycles. The summed E-state index contributed by atoms with van der Waals surface area (Å²) >= 11 is 2.16. The lowest BCUT2D eigenvalue weighted by Crippen LogP contribution is -2.32. The molecule has 0 radical (unpaired) electrons. The molecule has 6 heteroatoms. The van der Waals surface area contributed by atoms with Crippen molar-refractivity contribution in [2.75, 3.05) is 12.0 Å². The second-order valence-electron chi connectivity index (χ2n) is 5.33. The number of carbonyl (C=O) groups excluding carboxylic acids is 2. The van der Waals surface area contributed by atoms with E-state index >= 15 is 0 Å². The first-order valence-electron chi connectivity index (χ1n) is 7.16. The third-order valence-corrected chi connectivity index (χ3v) is 4.51. The first-order chi connectivity index (χ1) is 11.4. The van der Waals surface area contributed by atoms with Gasteiger partial charge in [0.05, 0.1) is 18.4 Å². The molecule has 5 nitrogen and oxygen atoms in total. The quantitative estimate of drug-likeness (QED) is 0.593. The molecule has 2 aromatic carbocycles. The highest BCUT2D eigenvalue weighted by atomic mass is 127. The lowest BCUT2D eigenvalue weighted by Gasteiger charge is -2.17. The van der Waals surface area contributed by atoms with Crippen molar-refractivity contribution in [1.82, 2.24) is 0 Å². The number of carbonyl (C=O) groups is 2. The van der Waals surface area contributed by atoms with Crippen molar-refractivity contribution in [1.29, 1.82) is 0 Å². The van der Waals surface area contributed by atoms with Gasteiger partial charge in [-0.3, -0.25) is 9.59 Å². The third kappa shape index (κ3) is 2.66. The van der Waals surface area contributed by atoms with Crippen LogP contribution in [-0.2, 0) is 9.59 Å². The monoisotopic (exact) mass is 435 g/mol. The normalized spacial score (nSPS) is 14.5. The molecule has 122 valence electrons. The Kier molecular flexibility index (Phi) is 4.31. The maximum atomic E-state index is 12.8. The van der Waals surface area contributed by atoms with Crippen LogP contribution in [0.15, 0.2) is 48.2 Å². The molecule has 0 atom stereocenters. The van der Waals surface area contributed by atoms with Gasteiger partial charge < -0.3 is 9.84 Å². The molecule has 0 unspecified atom stereocenters. The maximum Gasteiger partial charge on any atom is 0.301 e. The number of nitrogens with zero attached hydrogens (tertiary/aromatic N) is 1. The predicted octanol–water partition coefficient (Wildman–Crippen LogP) is 3.45. The summed E-state index contributed by atoms with van der Waals surface area (Å²) in [6.07, 6.45) is 0. The number of imide groups is 1. The summed E-state index contributed by atoms with van der Waals surface area (Å²) in [4.78, 5) is 26.2. The summed E-state index contributed by atoms with van der Waals surface area (Å²) in [6, 6.07) is 12.0. The van der Waals surface area contributed by atoms with Crippen LogP contribution in [0.3, 0.4) is 0 Å². The first-order valence-corrected chi connectivity index (χ1v) is 8.24. The van der Waals surface area contributed by atoms with Crippen LogP contribution < -0.4 is 9.64 Å². The fraction of sp³-hybridized carbons (Fsp3) is 0.111. The average molecular weight is 435 g/mol. The van der Waals surface area contributed by atoms with E-state index in [2.05, 4.69) is 22.6 Å². The van der Waals surface area contributed by atoms with Gasteiger partial charge in [-0.25, -0.2) is 4.90 Å². The van der Waals surface area contributed by atoms with E-state index in [4.69, 9.17) is 4.74 Å². The number of methoxy groups -OCH3 is 1. The number of aliphatic hydroxyl groups is 1. The number of ether oxygens (including phenoxy) is 1. The Morgan fingerprint density at radius 1 is 1.04 bits per heavy atom. The number of halogens is 1. The number of anilines is 1. The number of rotatable bonds is 3. The SMILES string of the molecule is COc1ccc(C2=C(O)C(=O)N(c3ccc(I)cc3C)C2=O)cc1. The highest BCUT2D eigenvalue weighted by molar-refractivity contribution is 14.1. The Labute approximate surface area is 152 Å². The Bertz CT molecular complexity index is 871. The summed E-state index contributed by atoms with van der Waals surface area (Å²) in [5.41, 5.74) is 1.73. The lowest BCUT2D eigenvalue weighted by atomic mass is 10.1. The van der Waals surface area contributed by atoms with Crippen LogP contribution in [0.5, 0.6) is 5.75 Å². The molecule has 0 spiro atoms. The van der Waals surface area contributed by atoms with Crippen LogP contribution >= 0.6 is 22.6 Å². The van der Waals surface area contributed by atoms with Gasteiger partial charge in [-0.1, -0.05) is 12.1 Å². The van der Waals surface area contributed by atoms with Gasteiger partial charge >= 0.3 is 5.91 Å². The van der Waals surface area contributed by atoms with Crippen LogP contribution in [0.2, 0.25) is 0 Å². The van der Waals surface area contributed by atoms with Gasteiger partial charge in [0, 0.05) is 3.57 Å². The van der Waals surface area contributed by atoms with Gasteiger partial charge in [-0.05, 0) is 71.0 Å². The zero-order chi connectivity index (χ0) is 17.4. The van der Waals surface area contributed by atoms with Gasteiger partial charge in [0.2, 0.25) is 0 Å². The molecule has 2 amide bonds. The van der Waals surface area contributed by atoms with E-state index in [0.717, 1.165) is 14.0 Å². The van der Waals surface area contributed by atoms with Crippen molar-refractivity contribution in [2.24, 2.45) is 0 Å². The summed E-state index contributed by atoms with van der Waals surface area (Å²) < 4.78 is 6.08. The number of aryl methyl sites for hydroxylation is 1. The number of hydrogen-bond donors (Lipinski definition) is 1. The Hall–Kier alpha value is -2.35. The minimum absolute atomic E-state index is 0.000558. The second kappa shape index (κ2) is 6.27. The molecule has 3 rings (SSSR count). The van der Waals surface area contributed by atoms with Gasteiger partial charge in [0.1, 0.15) is 5.75 Å². The van der Waals surface area contributed by atoms with E-state index in [9.17, 15) is 14.7 Å². The standard InChI is InChI=1S/C18H14INO4/c1-10-9-12(19)5-8-14(10)20-17(22)15(16(21)18(20)23)11-3-6-13(24-2)7-4-11/h3-9,21H,1-2H3. The van der Waals surface area contributed by atoms with E-state index < -0.39 is 17.6 Å². The van der Waals surface area contributed by atoms with E-state index in [1.165, 1.54) is 7.11 Å². The molecule has 0 aromatic heterocycles. The molecule has 1 heterocycles. The molecule has 0 aliphatic carbocycles. The van der Waals surface area contributed by atoms with Crippen molar-refractivity contribution in [3.05, 3.63) is 62.9 Å². The first kappa shape index (κ1) is 16.5. The molecular formula is C18H14INO4. The van der Waals surface area contributed by atoms with Gasteiger partial charge in [0.25, 0.3) is 5.91 Å². The van der Waals surface area contributed by atoms with E-state index in [1.54, 1.807) is 30.3 Å². The molecular weight excluding hydrogens is 421 g/mol. The van der Waals surface area contributed by atoms with Crippen molar-refractivity contribution in [3.8, 4) is 5.75 Å². The molecule has 2 aromatic rings. The van der Waals surface area contributed by atoms with Crippen LogP contribution in [-0.4, -0.2) is 24.0 Å². The molecule has 0 saturated carbocycles. The third-order valence-electron chi connectivity index (χ3n) is 3.84. The molecule has 0 saturated heterocycles. The summed E-state index contributed by atoms with van der Waals surface area (Å²) in [7, 11) is 1.54. The van der Waals surface area contributed by atoms with Gasteiger partial charge in [-0.15, -0.1) is 0 Å². The van der Waals surface area contributed by atoms with Crippen molar-refractivity contribution < 1.29 is 19.4 Å². The number of amides is 2. The Morgan fingerprint density at radius 2 is 1.71 bits per heavy atom. The summed E-state index contributed by atoms with van der Waals surface area (Å²) in [5, 5.41) is 10.2. The minimum atomic E-state index is -0.713. The minimum Gasteiger partial charge on any atom is -0.502 e. The van der Waals surface area contributed by atoms with Crippen LogP contribution in [0, 0.1) is 10.5 Å². The number of hydrogen-bond acceptors (Lipinski definition) is 4. The topological polar surface area (TPSA) is 66.8 Å². The van der Waals surface area contributed by atoms with E-state index in [-0.39, 0.29) is 5.57 Å². The molecule has 1 aliphatic rings. The molecule has 1 N–H and O–H groups in total. The molecule has 24 heavy (non-hydrogen) atoms. The van der Waals surface area contributed by atoms with E-state index in [1.807, 2.05) is 19.1 Å². The van der Waals surface area contributed by atoms with Gasteiger partial charge in [-0.2, -0.15) is 0 Å². The molecule has 0 fully saturated rings. The summed E-state index contributed by atoms with van der Waals surface area (Å²) in [5.74, 6) is -1.16. The smallest absolute Gasteiger partial charge is 0.301 e. The van der Waals surface area contributed by atoms with Crippen molar-refractivity contribution >= 4 is 45.7 Å². The van der Waals surface area contributed by atoms with Crippen LogP contribution in [0.4, 0.5) is 5.69 Å². The van der Waals surface area contributed by atoms with Crippen LogP contribution in [0.25, 0.3) is 5.57 Å². The van der Waals surface area contributed by atoms with Gasteiger partial charge in [0.15, 0.2) is 5.76 Å².